The third-order valence-electron chi connectivity index (χ3n) is 3.78. The van der Waals surface area contributed by atoms with Crippen LogP contribution in [0.5, 0.6) is 0 Å². The molecule has 0 unspecified atom stereocenters. The quantitative estimate of drug-likeness (QED) is 0.755. The van der Waals surface area contributed by atoms with E-state index in [1.807, 2.05) is 26.1 Å². The summed E-state index contributed by atoms with van der Waals surface area (Å²) in [6.45, 7) is 5.33. The number of carbonyl (C=O) groups excluding carboxylic acids is 1. The molecule has 114 valence electrons. The first-order valence-electron chi connectivity index (χ1n) is 7.22. The van der Waals surface area contributed by atoms with Gasteiger partial charge < -0.3 is 21.4 Å². The molecule has 7 nitrogen and oxygen atoms in total. The van der Waals surface area contributed by atoms with Crippen LogP contribution in [-0.2, 0) is 4.79 Å². The fraction of sp³-hybridized carbons (Fsp3) is 0.500. The highest BCUT2D eigenvalue weighted by Crippen LogP contribution is 2.27. The number of piperidine rings is 1. The number of anilines is 1. The minimum absolute atomic E-state index is 0.429. The summed E-state index contributed by atoms with van der Waals surface area (Å²) in [5, 5.41) is 0.978. The summed E-state index contributed by atoms with van der Waals surface area (Å²) in [6.07, 6.45) is 4.45. The average molecular weight is 290 g/mol. The molecule has 1 amide bonds. The Kier molecular flexibility index (Phi) is 4.42. The lowest BCUT2D eigenvalue weighted by Crippen LogP contribution is -2.58. The Morgan fingerprint density at radius 3 is 2.62 bits per heavy atom. The van der Waals surface area contributed by atoms with E-state index in [0.717, 1.165) is 16.9 Å². The Balaban J connectivity index is 0.000000774. The van der Waals surface area contributed by atoms with Gasteiger partial charge in [0.15, 0.2) is 0 Å². The van der Waals surface area contributed by atoms with Crippen molar-refractivity contribution in [2.24, 2.45) is 11.5 Å². The zero-order valence-electron chi connectivity index (χ0n) is 12.5. The van der Waals surface area contributed by atoms with Crippen molar-refractivity contribution in [3.63, 3.8) is 0 Å². The lowest BCUT2D eigenvalue weighted by molar-refractivity contribution is -0.123. The van der Waals surface area contributed by atoms with Crippen molar-refractivity contribution >= 4 is 22.8 Å². The summed E-state index contributed by atoms with van der Waals surface area (Å²) < 4.78 is 0. The van der Waals surface area contributed by atoms with Gasteiger partial charge in [0.2, 0.25) is 5.91 Å². The molecule has 3 rings (SSSR count). The van der Waals surface area contributed by atoms with Crippen molar-refractivity contribution in [3.8, 4) is 0 Å². The summed E-state index contributed by atoms with van der Waals surface area (Å²) in [7, 11) is 0. The van der Waals surface area contributed by atoms with Crippen LogP contribution >= 0.6 is 0 Å². The highest BCUT2D eigenvalue weighted by atomic mass is 16.1. The van der Waals surface area contributed by atoms with Crippen molar-refractivity contribution in [2.75, 3.05) is 18.0 Å². The lowest BCUT2D eigenvalue weighted by Gasteiger charge is -2.37. The molecule has 0 saturated carbocycles. The van der Waals surface area contributed by atoms with E-state index in [2.05, 4.69) is 19.9 Å². The van der Waals surface area contributed by atoms with Gasteiger partial charge in [0.1, 0.15) is 17.8 Å². The number of fused-ring (bicyclic) bond motifs is 1. The van der Waals surface area contributed by atoms with Crippen LogP contribution in [0.15, 0.2) is 18.6 Å². The summed E-state index contributed by atoms with van der Waals surface area (Å²) >= 11 is 0. The summed E-state index contributed by atoms with van der Waals surface area (Å²) in [5.41, 5.74) is 11.3. The molecule has 0 radical (unpaired) electrons. The van der Waals surface area contributed by atoms with E-state index in [4.69, 9.17) is 11.5 Å². The minimum Gasteiger partial charge on any atom is -0.368 e. The maximum Gasteiger partial charge on any atom is 0.237 e. The standard InChI is InChI=1S/C12H16N6O.C2H6/c13-11(19)12(14)2-5-18(6-3-12)10-8-1-4-15-9(8)16-7-17-10;1-2/h1,4,7H,2-3,5-6,14H2,(H2,13,19)(H,15,16,17);1-2H3. The number of amides is 1. The van der Waals surface area contributed by atoms with Gasteiger partial charge in [0.05, 0.1) is 10.9 Å². The fourth-order valence-corrected chi connectivity index (χ4v) is 2.47. The van der Waals surface area contributed by atoms with Crippen LogP contribution in [0.3, 0.4) is 0 Å². The lowest BCUT2D eigenvalue weighted by atomic mass is 9.88. The van der Waals surface area contributed by atoms with Gasteiger partial charge in [-0.15, -0.1) is 0 Å². The number of nitrogens with zero attached hydrogens (tertiary/aromatic N) is 3. The average Bonchev–Trinajstić information content (AvgIpc) is 2.98. The summed E-state index contributed by atoms with van der Waals surface area (Å²) in [5.74, 6) is 0.444. The smallest absolute Gasteiger partial charge is 0.237 e. The SMILES string of the molecule is CC.NC(=O)C1(N)CCN(c2ncnc3[nH]ccc23)CC1. The predicted molar refractivity (Wildman–Crippen MR) is 82.8 cm³/mol. The van der Waals surface area contributed by atoms with Crippen molar-refractivity contribution in [1.29, 1.82) is 0 Å². The van der Waals surface area contributed by atoms with Gasteiger partial charge in [0.25, 0.3) is 0 Å². The van der Waals surface area contributed by atoms with Crippen molar-refractivity contribution in [1.82, 2.24) is 15.0 Å². The molecule has 0 spiro atoms. The molecule has 0 bridgehead atoms. The maximum atomic E-state index is 11.3. The molecule has 1 aliphatic heterocycles. The molecule has 3 heterocycles. The number of aromatic amines is 1. The number of aromatic nitrogens is 3. The van der Waals surface area contributed by atoms with E-state index >= 15 is 0 Å². The van der Waals surface area contributed by atoms with Crippen LogP contribution in [0.2, 0.25) is 0 Å². The minimum atomic E-state index is -0.888. The number of primary amides is 1. The Bertz CT molecular complexity index is 615. The van der Waals surface area contributed by atoms with Crippen LogP contribution in [0, 0.1) is 0 Å². The van der Waals surface area contributed by atoms with Crippen molar-refractivity contribution in [3.05, 3.63) is 18.6 Å². The molecule has 2 aromatic rings. The predicted octanol–water partition coefficient (Wildman–Crippen LogP) is 0.767. The molecule has 0 aromatic carbocycles. The highest BCUT2D eigenvalue weighted by Gasteiger charge is 2.36. The number of nitrogens with two attached hydrogens (primary N) is 2. The highest BCUT2D eigenvalue weighted by molar-refractivity contribution is 5.88. The Morgan fingerprint density at radius 2 is 2.00 bits per heavy atom. The second-order valence-electron chi connectivity index (χ2n) is 4.94. The first kappa shape index (κ1) is 15.2. The van der Waals surface area contributed by atoms with Crippen molar-refractivity contribution < 1.29 is 4.79 Å². The topological polar surface area (TPSA) is 114 Å². The molecule has 21 heavy (non-hydrogen) atoms. The normalized spacial score (nSPS) is 17.2. The van der Waals surface area contributed by atoms with Gasteiger partial charge in [-0.3, -0.25) is 4.79 Å². The molecule has 2 aromatic heterocycles. The van der Waals surface area contributed by atoms with E-state index in [1.165, 1.54) is 6.33 Å². The number of rotatable bonds is 2. The fourth-order valence-electron chi connectivity index (χ4n) is 2.47. The number of hydrogen-bond donors (Lipinski definition) is 3. The molecule has 0 aliphatic carbocycles. The zero-order chi connectivity index (χ0) is 15.5. The van der Waals surface area contributed by atoms with Gasteiger partial charge in [-0.1, -0.05) is 13.8 Å². The summed E-state index contributed by atoms with van der Waals surface area (Å²) in [6, 6.07) is 1.95. The van der Waals surface area contributed by atoms with E-state index in [0.29, 0.717) is 25.9 Å². The van der Waals surface area contributed by atoms with Crippen LogP contribution < -0.4 is 16.4 Å². The molecular formula is C14H22N6O. The van der Waals surface area contributed by atoms with Gasteiger partial charge in [0, 0.05) is 19.3 Å². The number of nitrogens with one attached hydrogen (secondary N) is 1. The van der Waals surface area contributed by atoms with E-state index in [1.54, 1.807) is 0 Å². The van der Waals surface area contributed by atoms with Gasteiger partial charge >= 0.3 is 0 Å². The largest absolute Gasteiger partial charge is 0.368 e. The zero-order valence-corrected chi connectivity index (χ0v) is 12.5. The third kappa shape index (κ3) is 2.82. The number of hydrogen-bond acceptors (Lipinski definition) is 5. The van der Waals surface area contributed by atoms with E-state index in [-0.39, 0.29) is 0 Å². The molecule has 7 heteroatoms. The van der Waals surface area contributed by atoms with Gasteiger partial charge in [-0.05, 0) is 18.9 Å². The second-order valence-corrected chi connectivity index (χ2v) is 4.94. The van der Waals surface area contributed by atoms with Crippen LogP contribution in [0.25, 0.3) is 11.0 Å². The maximum absolute atomic E-state index is 11.3. The van der Waals surface area contributed by atoms with E-state index < -0.39 is 11.4 Å². The van der Waals surface area contributed by atoms with Crippen molar-refractivity contribution in [2.45, 2.75) is 32.2 Å². The molecular weight excluding hydrogens is 268 g/mol. The molecule has 1 aliphatic rings. The molecule has 1 saturated heterocycles. The van der Waals surface area contributed by atoms with E-state index in [9.17, 15) is 4.79 Å². The molecule has 5 N–H and O–H groups in total. The molecule has 1 fully saturated rings. The Morgan fingerprint density at radius 1 is 1.33 bits per heavy atom. The monoisotopic (exact) mass is 290 g/mol. The first-order valence-corrected chi connectivity index (χ1v) is 7.22. The Labute approximate surface area is 123 Å². The number of carbonyl (C=O) groups is 1. The number of H-pyrrole nitrogens is 1. The van der Waals surface area contributed by atoms with Crippen LogP contribution in [0.4, 0.5) is 5.82 Å². The van der Waals surface area contributed by atoms with Gasteiger partial charge in [-0.2, -0.15) is 0 Å². The van der Waals surface area contributed by atoms with Crippen LogP contribution in [0.1, 0.15) is 26.7 Å². The first-order chi connectivity index (χ1) is 10.1. The molecule has 0 atom stereocenters. The Hall–Kier alpha value is -2.15. The second kappa shape index (κ2) is 6.09. The third-order valence-corrected chi connectivity index (χ3v) is 3.78. The summed E-state index contributed by atoms with van der Waals surface area (Å²) in [4.78, 5) is 25.0. The van der Waals surface area contributed by atoms with Crippen LogP contribution in [-0.4, -0.2) is 39.5 Å². The van der Waals surface area contributed by atoms with Gasteiger partial charge in [-0.25, -0.2) is 9.97 Å².